The molecule has 0 aromatic heterocycles. The van der Waals surface area contributed by atoms with E-state index >= 15 is 0 Å². The fourth-order valence-electron chi connectivity index (χ4n) is 3.48. The number of hydrogen-bond donors (Lipinski definition) is 0. The van der Waals surface area contributed by atoms with Crippen LogP contribution in [0.15, 0.2) is 47.4 Å². The number of carbonyl (C=O) groups excluding carboxylic acids is 1. The topological polar surface area (TPSA) is 69.7 Å². The Morgan fingerprint density at radius 1 is 1.03 bits per heavy atom. The van der Waals surface area contributed by atoms with E-state index in [2.05, 4.69) is 0 Å². The summed E-state index contributed by atoms with van der Waals surface area (Å²) in [7, 11) is -1.98. The molecule has 0 amide bonds. The molecule has 0 saturated heterocycles. The van der Waals surface area contributed by atoms with Crippen molar-refractivity contribution in [2.24, 2.45) is 0 Å². The molecule has 0 radical (unpaired) electrons. The highest BCUT2D eigenvalue weighted by atomic mass is 32.2. The molecule has 0 bridgehead atoms. The number of benzene rings is 2. The Morgan fingerprint density at radius 3 is 2.10 bits per heavy atom. The number of ketones is 1. The van der Waals surface area contributed by atoms with Gasteiger partial charge in [0.25, 0.3) is 0 Å². The molecule has 2 aromatic carbocycles. The Bertz CT molecular complexity index is 1080. The van der Waals surface area contributed by atoms with E-state index < -0.39 is 21.3 Å². The molecule has 29 heavy (non-hydrogen) atoms. The van der Waals surface area contributed by atoms with Crippen LogP contribution in [0.4, 0.5) is 4.39 Å². The minimum absolute atomic E-state index is 0.0806. The Kier molecular flexibility index (Phi) is 5.54. The zero-order valence-corrected chi connectivity index (χ0v) is 17.6. The summed E-state index contributed by atoms with van der Waals surface area (Å²) in [6.45, 7) is 3.73. The Balaban J connectivity index is 2.19. The first kappa shape index (κ1) is 21.0. The molecule has 7 heteroatoms. The van der Waals surface area contributed by atoms with Gasteiger partial charge in [0.1, 0.15) is 5.76 Å². The van der Waals surface area contributed by atoms with Crippen molar-refractivity contribution in [3.63, 3.8) is 0 Å². The predicted molar refractivity (Wildman–Crippen MR) is 109 cm³/mol. The molecule has 0 unspecified atom stereocenters. The van der Waals surface area contributed by atoms with Gasteiger partial charge in [-0.1, -0.05) is 19.9 Å². The number of methoxy groups -OCH3 is 1. The van der Waals surface area contributed by atoms with Crippen molar-refractivity contribution in [3.8, 4) is 5.75 Å². The molecule has 0 atom stereocenters. The number of halogens is 1. The summed E-state index contributed by atoms with van der Waals surface area (Å²) >= 11 is 0. The zero-order valence-electron chi connectivity index (χ0n) is 16.8. The lowest BCUT2D eigenvalue weighted by Gasteiger charge is -2.25. The van der Waals surface area contributed by atoms with Crippen molar-refractivity contribution >= 4 is 27.0 Å². The third-order valence-electron chi connectivity index (χ3n) is 5.29. The molecule has 1 heterocycles. The van der Waals surface area contributed by atoms with Gasteiger partial charge in [-0.3, -0.25) is 4.79 Å². The Hall–Kier alpha value is -2.67. The highest BCUT2D eigenvalue weighted by molar-refractivity contribution is 7.90. The van der Waals surface area contributed by atoms with Crippen molar-refractivity contribution < 1.29 is 27.1 Å². The van der Waals surface area contributed by atoms with E-state index in [1.807, 2.05) is 13.8 Å². The van der Waals surface area contributed by atoms with Crippen molar-refractivity contribution in [1.29, 1.82) is 0 Å². The summed E-state index contributed by atoms with van der Waals surface area (Å²) in [6, 6.07) is 10.5. The second kappa shape index (κ2) is 7.63. The number of carbonyl (C=O) groups is 1. The van der Waals surface area contributed by atoms with Crippen molar-refractivity contribution in [2.75, 3.05) is 13.4 Å². The maximum Gasteiger partial charge on any atom is 0.210 e. The second-order valence-corrected chi connectivity index (χ2v) is 9.00. The lowest BCUT2D eigenvalue weighted by Crippen LogP contribution is -2.35. The third kappa shape index (κ3) is 3.67. The fraction of sp³-hybridized carbons (Fsp3) is 0.318. The number of ether oxygens (including phenoxy) is 2. The average molecular weight is 418 g/mol. The zero-order chi connectivity index (χ0) is 21.4. The molecular weight excluding hydrogens is 395 g/mol. The molecule has 1 aliphatic heterocycles. The molecule has 0 saturated carbocycles. The number of hydrogen-bond acceptors (Lipinski definition) is 5. The lowest BCUT2D eigenvalue weighted by molar-refractivity contribution is -0.128. The minimum Gasteiger partial charge on any atom is -0.494 e. The van der Waals surface area contributed by atoms with E-state index in [-0.39, 0.29) is 22.0 Å². The molecule has 154 valence electrons. The molecule has 0 spiro atoms. The summed E-state index contributed by atoms with van der Waals surface area (Å²) in [5.41, 5.74) is 0.193. The van der Waals surface area contributed by atoms with Crippen molar-refractivity contribution in [1.82, 2.24) is 0 Å². The van der Waals surface area contributed by atoms with Crippen LogP contribution >= 0.6 is 0 Å². The first-order valence-electron chi connectivity index (χ1n) is 9.29. The van der Waals surface area contributed by atoms with Crippen LogP contribution in [0.25, 0.3) is 11.3 Å². The van der Waals surface area contributed by atoms with Crippen LogP contribution in [0.3, 0.4) is 0 Å². The van der Waals surface area contributed by atoms with E-state index in [4.69, 9.17) is 9.47 Å². The van der Waals surface area contributed by atoms with Crippen LogP contribution in [0.1, 0.15) is 37.8 Å². The minimum atomic E-state index is -3.35. The Labute approximate surface area is 170 Å². The normalized spacial score (nSPS) is 16.1. The first-order valence-corrected chi connectivity index (χ1v) is 11.2. The van der Waals surface area contributed by atoms with Crippen LogP contribution in [-0.4, -0.2) is 33.2 Å². The van der Waals surface area contributed by atoms with Gasteiger partial charge in [0.15, 0.2) is 27.0 Å². The van der Waals surface area contributed by atoms with Gasteiger partial charge in [-0.05, 0) is 54.8 Å². The van der Waals surface area contributed by atoms with Crippen LogP contribution in [0.5, 0.6) is 5.75 Å². The van der Waals surface area contributed by atoms with E-state index in [9.17, 15) is 17.6 Å². The highest BCUT2D eigenvalue weighted by Crippen LogP contribution is 2.45. The molecule has 0 fully saturated rings. The van der Waals surface area contributed by atoms with Gasteiger partial charge in [-0.25, -0.2) is 12.8 Å². The first-order chi connectivity index (χ1) is 13.7. The lowest BCUT2D eigenvalue weighted by atomic mass is 9.86. The average Bonchev–Trinajstić information content (AvgIpc) is 3.00. The van der Waals surface area contributed by atoms with Crippen LogP contribution in [0, 0.1) is 5.82 Å². The number of sulfone groups is 1. The Morgan fingerprint density at radius 2 is 1.62 bits per heavy atom. The number of rotatable bonds is 6. The van der Waals surface area contributed by atoms with Gasteiger partial charge in [-0.15, -0.1) is 0 Å². The molecule has 1 aliphatic rings. The second-order valence-electron chi connectivity index (χ2n) is 6.98. The van der Waals surface area contributed by atoms with E-state index in [0.29, 0.717) is 29.7 Å². The fourth-order valence-corrected chi connectivity index (χ4v) is 4.11. The van der Waals surface area contributed by atoms with Crippen molar-refractivity contribution in [2.45, 2.75) is 37.2 Å². The largest absolute Gasteiger partial charge is 0.494 e. The standard InChI is InChI=1S/C22H23FO5S/c1-5-22(6-2)21(24)19(15-9-12-18(27-3)17(23)13-15)20(28-22)14-7-10-16(11-8-14)29(4,25)26/h7-13H,5-6H2,1-4H3. The molecular formula is C22H23FO5S. The molecule has 3 rings (SSSR count). The summed E-state index contributed by atoms with van der Waals surface area (Å²) in [5, 5.41) is 0. The van der Waals surface area contributed by atoms with Gasteiger partial charge < -0.3 is 9.47 Å². The SMILES string of the molecule is CCC1(CC)OC(c2ccc(S(C)(=O)=O)cc2)=C(c2ccc(OC)c(F)c2)C1=O. The number of Topliss-reactive ketones (excluding diaryl/α,β-unsaturated/α-hetero) is 1. The summed E-state index contributed by atoms with van der Waals surface area (Å²) in [5.74, 6) is -0.392. The van der Waals surface area contributed by atoms with Gasteiger partial charge in [0.2, 0.25) is 5.78 Å². The monoisotopic (exact) mass is 418 g/mol. The maximum atomic E-state index is 14.3. The van der Waals surface area contributed by atoms with E-state index in [1.54, 1.807) is 18.2 Å². The predicted octanol–water partition coefficient (Wildman–Crippen LogP) is 4.26. The summed E-state index contributed by atoms with van der Waals surface area (Å²) < 4.78 is 49.0. The van der Waals surface area contributed by atoms with Gasteiger partial charge >= 0.3 is 0 Å². The van der Waals surface area contributed by atoms with Crippen LogP contribution in [-0.2, 0) is 19.4 Å². The maximum absolute atomic E-state index is 14.3. The molecule has 2 aromatic rings. The third-order valence-corrected chi connectivity index (χ3v) is 6.42. The quantitative estimate of drug-likeness (QED) is 0.701. The summed E-state index contributed by atoms with van der Waals surface area (Å²) in [6.07, 6.45) is 2.03. The van der Waals surface area contributed by atoms with E-state index in [0.717, 1.165) is 6.26 Å². The molecule has 0 aliphatic carbocycles. The smallest absolute Gasteiger partial charge is 0.210 e. The van der Waals surface area contributed by atoms with Gasteiger partial charge in [-0.2, -0.15) is 0 Å². The van der Waals surface area contributed by atoms with Crippen molar-refractivity contribution in [3.05, 3.63) is 59.4 Å². The van der Waals surface area contributed by atoms with Crippen LogP contribution < -0.4 is 4.74 Å². The van der Waals surface area contributed by atoms with Gasteiger partial charge in [0, 0.05) is 11.8 Å². The van der Waals surface area contributed by atoms with Crippen LogP contribution in [0.2, 0.25) is 0 Å². The molecule has 0 N–H and O–H groups in total. The summed E-state index contributed by atoms with van der Waals surface area (Å²) in [4.78, 5) is 13.5. The highest BCUT2D eigenvalue weighted by Gasteiger charge is 2.47. The van der Waals surface area contributed by atoms with Gasteiger partial charge in [0.05, 0.1) is 17.6 Å². The van der Waals surface area contributed by atoms with E-state index in [1.165, 1.54) is 31.4 Å². The molecule has 5 nitrogen and oxygen atoms in total.